The highest BCUT2D eigenvalue weighted by Gasteiger charge is 2.09. The molecule has 1 N–H and O–H groups in total. The number of hydrogen-bond donors (Lipinski definition) is 1. The minimum atomic E-state index is 0.612. The molecule has 110 valence electrons. The third-order valence-electron chi connectivity index (χ3n) is 2.85. The lowest BCUT2D eigenvalue weighted by Gasteiger charge is -1.90. The molecule has 0 atom stereocenters. The van der Waals surface area contributed by atoms with Crippen molar-refractivity contribution in [1.29, 1.82) is 0 Å². The van der Waals surface area contributed by atoms with Gasteiger partial charge in [0.2, 0.25) is 5.89 Å². The van der Waals surface area contributed by atoms with E-state index in [0.717, 1.165) is 28.9 Å². The van der Waals surface area contributed by atoms with Crippen LogP contribution in [0.15, 0.2) is 4.52 Å². The van der Waals surface area contributed by atoms with Gasteiger partial charge in [0.1, 0.15) is 16.7 Å². The fraction of sp³-hybridized carbons (Fsp3) is 0.500. The Kier molecular flexibility index (Phi) is 4.00. The monoisotopic (exact) mass is 305 g/mol. The minimum absolute atomic E-state index is 0.612. The van der Waals surface area contributed by atoms with Gasteiger partial charge >= 0.3 is 0 Å². The van der Waals surface area contributed by atoms with E-state index in [1.807, 2.05) is 13.8 Å². The summed E-state index contributed by atoms with van der Waals surface area (Å²) in [6.45, 7) is 3.76. The first-order chi connectivity index (χ1) is 10.2. The molecule has 21 heavy (non-hydrogen) atoms. The molecule has 0 unspecified atom stereocenters. The number of aromatic nitrogens is 7. The molecule has 0 radical (unpaired) electrons. The van der Waals surface area contributed by atoms with E-state index >= 15 is 0 Å². The summed E-state index contributed by atoms with van der Waals surface area (Å²) in [6, 6.07) is 0. The zero-order chi connectivity index (χ0) is 14.7. The van der Waals surface area contributed by atoms with E-state index in [4.69, 9.17) is 4.52 Å². The Balaban J connectivity index is 1.51. The van der Waals surface area contributed by atoms with Crippen molar-refractivity contribution >= 4 is 11.5 Å². The van der Waals surface area contributed by atoms with Gasteiger partial charge < -0.3 is 4.52 Å². The molecule has 3 aromatic heterocycles. The van der Waals surface area contributed by atoms with Gasteiger partial charge in [0, 0.05) is 25.7 Å². The van der Waals surface area contributed by atoms with Crippen molar-refractivity contribution in [3.05, 3.63) is 34.2 Å². The highest BCUT2D eigenvalue weighted by atomic mass is 32.1. The second kappa shape index (κ2) is 6.08. The van der Waals surface area contributed by atoms with Gasteiger partial charge in [-0.15, -0.1) is 0 Å². The molecule has 0 saturated heterocycles. The van der Waals surface area contributed by atoms with Crippen LogP contribution in [0.2, 0.25) is 0 Å². The first-order valence-corrected chi connectivity index (χ1v) is 7.45. The van der Waals surface area contributed by atoms with E-state index in [-0.39, 0.29) is 0 Å². The molecule has 3 aromatic rings. The van der Waals surface area contributed by atoms with E-state index in [2.05, 4.69) is 34.7 Å². The van der Waals surface area contributed by atoms with Crippen molar-refractivity contribution in [2.45, 2.75) is 39.5 Å². The van der Waals surface area contributed by atoms with Gasteiger partial charge in [-0.25, -0.2) is 9.97 Å². The standard InChI is InChI=1S/C12H15N7OS/c1-7-13-9(17-16-7)3-5-11-15-10(18-20-11)4-6-12-14-8(2)19-21-12/h3-6H2,1-2H3,(H,13,16,17). The van der Waals surface area contributed by atoms with E-state index in [1.54, 1.807) is 0 Å². The van der Waals surface area contributed by atoms with Crippen molar-refractivity contribution in [2.24, 2.45) is 0 Å². The van der Waals surface area contributed by atoms with Gasteiger partial charge in [-0.3, -0.25) is 5.10 Å². The van der Waals surface area contributed by atoms with Crippen LogP contribution in [-0.4, -0.2) is 34.7 Å². The molecule has 9 heteroatoms. The van der Waals surface area contributed by atoms with E-state index < -0.39 is 0 Å². The number of hydrogen-bond acceptors (Lipinski definition) is 8. The Hall–Kier alpha value is -2.16. The van der Waals surface area contributed by atoms with Crippen LogP contribution in [0.25, 0.3) is 0 Å². The van der Waals surface area contributed by atoms with Crippen LogP contribution >= 0.6 is 11.5 Å². The van der Waals surface area contributed by atoms with Gasteiger partial charge in [0.15, 0.2) is 11.6 Å². The van der Waals surface area contributed by atoms with E-state index in [0.29, 0.717) is 31.0 Å². The number of rotatable bonds is 6. The first kappa shape index (κ1) is 13.8. The van der Waals surface area contributed by atoms with Crippen LogP contribution in [0.5, 0.6) is 0 Å². The molecule has 0 amide bonds. The molecule has 3 heterocycles. The van der Waals surface area contributed by atoms with Crippen molar-refractivity contribution < 1.29 is 4.52 Å². The molecule has 0 bridgehead atoms. The lowest BCUT2D eigenvalue weighted by atomic mass is 10.3. The molecular formula is C12H15N7OS. The van der Waals surface area contributed by atoms with Gasteiger partial charge in [-0.05, 0) is 25.4 Å². The smallest absolute Gasteiger partial charge is 0.227 e. The van der Waals surface area contributed by atoms with E-state index in [9.17, 15) is 0 Å². The van der Waals surface area contributed by atoms with Crippen LogP contribution in [0, 0.1) is 13.8 Å². The molecule has 0 aliphatic rings. The Bertz CT molecular complexity index is 658. The quantitative estimate of drug-likeness (QED) is 0.729. The van der Waals surface area contributed by atoms with Gasteiger partial charge in [-0.2, -0.15) is 14.5 Å². The van der Waals surface area contributed by atoms with Crippen LogP contribution < -0.4 is 0 Å². The summed E-state index contributed by atoms with van der Waals surface area (Å²) in [4.78, 5) is 12.9. The average Bonchev–Trinajstić information content (AvgIpc) is 3.16. The number of aromatic amines is 1. The highest BCUT2D eigenvalue weighted by Crippen LogP contribution is 2.09. The summed E-state index contributed by atoms with van der Waals surface area (Å²) < 4.78 is 9.38. The van der Waals surface area contributed by atoms with Crippen molar-refractivity contribution in [1.82, 2.24) is 34.7 Å². The lowest BCUT2D eigenvalue weighted by Crippen LogP contribution is -1.96. The van der Waals surface area contributed by atoms with Gasteiger partial charge in [0.25, 0.3) is 0 Å². The molecule has 0 aliphatic heterocycles. The Labute approximate surface area is 125 Å². The molecule has 0 spiro atoms. The number of nitrogens with one attached hydrogen (secondary N) is 1. The van der Waals surface area contributed by atoms with E-state index in [1.165, 1.54) is 11.5 Å². The zero-order valence-corrected chi connectivity index (χ0v) is 12.6. The summed E-state index contributed by atoms with van der Waals surface area (Å²) in [6.07, 6.45) is 2.81. The minimum Gasteiger partial charge on any atom is -0.339 e. The fourth-order valence-electron chi connectivity index (χ4n) is 1.87. The summed E-state index contributed by atoms with van der Waals surface area (Å²) >= 11 is 1.42. The maximum absolute atomic E-state index is 5.23. The van der Waals surface area contributed by atoms with Gasteiger partial charge in [-0.1, -0.05) is 5.16 Å². The molecule has 8 nitrogen and oxygen atoms in total. The van der Waals surface area contributed by atoms with Crippen LogP contribution in [0.1, 0.15) is 34.2 Å². The summed E-state index contributed by atoms with van der Waals surface area (Å²) in [7, 11) is 0. The van der Waals surface area contributed by atoms with Crippen LogP contribution in [0.3, 0.4) is 0 Å². The predicted octanol–water partition coefficient (Wildman–Crippen LogP) is 1.23. The lowest BCUT2D eigenvalue weighted by molar-refractivity contribution is 0.372. The number of aryl methyl sites for hydroxylation is 6. The Morgan fingerprint density at radius 1 is 1.00 bits per heavy atom. The molecule has 0 fully saturated rings. The maximum atomic E-state index is 5.23. The topological polar surface area (TPSA) is 106 Å². The predicted molar refractivity (Wildman–Crippen MR) is 74.9 cm³/mol. The Morgan fingerprint density at radius 3 is 2.57 bits per heavy atom. The third-order valence-corrected chi connectivity index (χ3v) is 3.71. The highest BCUT2D eigenvalue weighted by molar-refractivity contribution is 7.05. The van der Waals surface area contributed by atoms with Crippen molar-refractivity contribution in [3.8, 4) is 0 Å². The molecule has 3 rings (SSSR count). The van der Waals surface area contributed by atoms with Crippen LogP contribution in [-0.2, 0) is 25.7 Å². The van der Waals surface area contributed by atoms with Crippen molar-refractivity contribution in [2.75, 3.05) is 0 Å². The largest absolute Gasteiger partial charge is 0.339 e. The van der Waals surface area contributed by atoms with Gasteiger partial charge in [0.05, 0.1) is 0 Å². The molecule has 0 aliphatic carbocycles. The Morgan fingerprint density at radius 2 is 1.86 bits per heavy atom. The molecule has 0 saturated carbocycles. The second-order valence-electron chi connectivity index (χ2n) is 4.68. The number of nitrogens with zero attached hydrogens (tertiary/aromatic N) is 6. The van der Waals surface area contributed by atoms with Crippen molar-refractivity contribution in [3.63, 3.8) is 0 Å². The summed E-state index contributed by atoms with van der Waals surface area (Å²) in [5, 5.41) is 11.9. The second-order valence-corrected chi connectivity index (χ2v) is 5.51. The average molecular weight is 305 g/mol. The van der Waals surface area contributed by atoms with Crippen LogP contribution in [0.4, 0.5) is 0 Å². The maximum Gasteiger partial charge on any atom is 0.227 e. The summed E-state index contributed by atoms with van der Waals surface area (Å²) in [5.74, 6) is 3.69. The molecule has 0 aromatic carbocycles. The summed E-state index contributed by atoms with van der Waals surface area (Å²) in [5.41, 5.74) is 0. The molecular weight excluding hydrogens is 290 g/mol. The zero-order valence-electron chi connectivity index (χ0n) is 11.8. The first-order valence-electron chi connectivity index (χ1n) is 6.67. The normalized spacial score (nSPS) is 11.1. The SMILES string of the molecule is Cc1nsc(CCc2noc(CCc3n[nH]c(C)n3)n2)n1. The number of H-pyrrole nitrogens is 1. The third kappa shape index (κ3) is 3.69. The fourth-order valence-corrected chi connectivity index (χ4v) is 2.52.